The van der Waals surface area contributed by atoms with Crippen molar-refractivity contribution in [2.45, 2.75) is 31.2 Å². The summed E-state index contributed by atoms with van der Waals surface area (Å²) in [6.45, 7) is 0.246. The third-order valence-electron chi connectivity index (χ3n) is 3.40. The minimum absolute atomic E-state index is 0.0498. The number of urea groups is 1. The molecule has 0 saturated carbocycles. The second-order valence-electron chi connectivity index (χ2n) is 5.10. The lowest BCUT2D eigenvalue weighted by atomic mass is 10.2. The summed E-state index contributed by atoms with van der Waals surface area (Å²) in [6, 6.07) is 0.992. The number of rotatable bonds is 4. The van der Waals surface area contributed by atoms with Crippen LogP contribution in [0.3, 0.4) is 0 Å². The molecule has 0 spiro atoms. The number of aliphatic hydroxyl groups excluding tert-OH is 1. The third-order valence-corrected chi connectivity index (χ3v) is 3.40. The lowest BCUT2D eigenvalue weighted by Crippen LogP contribution is -2.42. The number of alkyl halides is 5. The van der Waals surface area contributed by atoms with Crippen LogP contribution in [0, 0.1) is 0 Å². The fourth-order valence-electron chi connectivity index (χ4n) is 2.19. The number of aliphatic hydroxyl groups is 1. The van der Waals surface area contributed by atoms with Gasteiger partial charge in [-0.1, -0.05) is 0 Å². The van der Waals surface area contributed by atoms with E-state index in [0.717, 1.165) is 18.6 Å². The van der Waals surface area contributed by atoms with Gasteiger partial charge in [0, 0.05) is 6.54 Å². The average Bonchev–Trinajstić information content (AvgIpc) is 2.96. The Morgan fingerprint density at radius 3 is 2.62 bits per heavy atom. The van der Waals surface area contributed by atoms with Crippen LogP contribution in [0.5, 0.6) is 5.75 Å². The first kappa shape index (κ1) is 18.2. The second-order valence-corrected chi connectivity index (χ2v) is 5.10. The monoisotopic (exact) mass is 355 g/mol. The zero-order valence-corrected chi connectivity index (χ0v) is 12.2. The van der Waals surface area contributed by atoms with Gasteiger partial charge in [-0.05, 0) is 25.0 Å². The molecule has 2 N–H and O–H groups in total. The Balaban J connectivity index is 1.98. The van der Waals surface area contributed by atoms with Crippen molar-refractivity contribution in [2.75, 3.05) is 18.5 Å². The van der Waals surface area contributed by atoms with Gasteiger partial charge < -0.3 is 14.7 Å². The SMILES string of the molecule is O=C(Nc1ccc(OC(F)(F)C(F)(F)F)cn1)N1CCC[C@@H]1CO. The van der Waals surface area contributed by atoms with Gasteiger partial charge in [-0.2, -0.15) is 22.0 Å². The Bertz CT molecular complexity index is 579. The highest BCUT2D eigenvalue weighted by Gasteiger charge is 2.61. The lowest BCUT2D eigenvalue weighted by molar-refractivity contribution is -0.360. The molecule has 0 unspecified atom stereocenters. The number of nitrogens with zero attached hydrogens (tertiary/aromatic N) is 2. The van der Waals surface area contributed by atoms with Gasteiger partial charge in [0.2, 0.25) is 0 Å². The maximum Gasteiger partial charge on any atom is 0.499 e. The number of aromatic nitrogens is 1. The molecule has 24 heavy (non-hydrogen) atoms. The summed E-state index contributed by atoms with van der Waals surface area (Å²) in [4.78, 5) is 16.9. The Labute approximate surface area is 133 Å². The van der Waals surface area contributed by atoms with Crippen molar-refractivity contribution in [1.29, 1.82) is 0 Å². The van der Waals surface area contributed by atoms with Gasteiger partial charge in [0.15, 0.2) is 0 Å². The summed E-state index contributed by atoms with van der Waals surface area (Å²) >= 11 is 0. The van der Waals surface area contributed by atoms with E-state index in [9.17, 15) is 26.7 Å². The Kier molecular flexibility index (Phi) is 5.11. The van der Waals surface area contributed by atoms with E-state index in [-0.39, 0.29) is 18.5 Å². The smallest absolute Gasteiger partial charge is 0.424 e. The van der Waals surface area contributed by atoms with Crippen molar-refractivity contribution in [3.63, 3.8) is 0 Å². The van der Waals surface area contributed by atoms with E-state index >= 15 is 0 Å². The van der Waals surface area contributed by atoms with Crippen LogP contribution in [0.1, 0.15) is 12.8 Å². The summed E-state index contributed by atoms with van der Waals surface area (Å²) in [5.74, 6) is -0.851. The zero-order chi connectivity index (χ0) is 18.0. The molecule has 0 bridgehead atoms. The molecule has 1 saturated heterocycles. The van der Waals surface area contributed by atoms with Gasteiger partial charge in [0.05, 0.1) is 18.8 Å². The summed E-state index contributed by atoms with van der Waals surface area (Å²) in [6.07, 6.45) is -9.18. The second kappa shape index (κ2) is 6.75. The number of ether oxygens (including phenoxy) is 1. The van der Waals surface area contributed by atoms with Crippen LogP contribution in [0.2, 0.25) is 0 Å². The molecule has 1 aliphatic heterocycles. The fourth-order valence-corrected chi connectivity index (χ4v) is 2.19. The van der Waals surface area contributed by atoms with E-state index in [1.165, 1.54) is 4.90 Å². The van der Waals surface area contributed by atoms with Crippen molar-refractivity contribution >= 4 is 11.8 Å². The van der Waals surface area contributed by atoms with E-state index in [4.69, 9.17) is 5.11 Å². The Morgan fingerprint density at radius 1 is 1.38 bits per heavy atom. The summed E-state index contributed by atoms with van der Waals surface area (Å²) < 4.78 is 65.2. The molecule has 2 rings (SSSR count). The highest BCUT2D eigenvalue weighted by atomic mass is 19.4. The summed E-state index contributed by atoms with van der Waals surface area (Å²) in [5, 5.41) is 11.5. The Morgan fingerprint density at radius 2 is 2.08 bits per heavy atom. The topological polar surface area (TPSA) is 74.7 Å². The number of hydrogen-bond donors (Lipinski definition) is 2. The molecule has 0 aromatic carbocycles. The number of likely N-dealkylation sites (tertiary alicyclic amines) is 1. The molecule has 11 heteroatoms. The van der Waals surface area contributed by atoms with Crippen molar-refractivity contribution in [3.05, 3.63) is 18.3 Å². The Hall–Kier alpha value is -2.17. The lowest BCUT2D eigenvalue weighted by Gasteiger charge is -2.23. The number of amides is 2. The predicted octanol–water partition coefficient (Wildman–Crippen LogP) is 2.60. The first-order chi connectivity index (χ1) is 11.1. The van der Waals surface area contributed by atoms with Crippen LogP contribution in [-0.2, 0) is 0 Å². The van der Waals surface area contributed by atoms with Crippen LogP contribution in [0.25, 0.3) is 0 Å². The normalized spacial score (nSPS) is 18.6. The molecule has 1 fully saturated rings. The van der Waals surface area contributed by atoms with Gasteiger partial charge in [-0.25, -0.2) is 9.78 Å². The van der Waals surface area contributed by atoms with E-state index in [1.807, 2.05) is 0 Å². The van der Waals surface area contributed by atoms with Crippen LogP contribution < -0.4 is 10.1 Å². The van der Waals surface area contributed by atoms with Gasteiger partial charge in [0.25, 0.3) is 0 Å². The van der Waals surface area contributed by atoms with Crippen LogP contribution >= 0.6 is 0 Å². The molecule has 0 aliphatic carbocycles. The number of pyridine rings is 1. The molecule has 134 valence electrons. The standard InChI is InChI=1S/C13H14F5N3O3/c14-12(15,16)13(17,18)24-9-3-4-10(19-6-9)20-11(23)21-5-1-2-8(21)7-22/h3-4,6,8,22H,1-2,5,7H2,(H,19,20,23)/t8-/m1/s1. The van der Waals surface area contributed by atoms with Crippen LogP contribution in [0.4, 0.5) is 32.6 Å². The van der Waals surface area contributed by atoms with E-state index < -0.39 is 24.1 Å². The third kappa shape index (κ3) is 4.02. The van der Waals surface area contributed by atoms with E-state index in [0.29, 0.717) is 19.2 Å². The highest BCUT2D eigenvalue weighted by molar-refractivity contribution is 5.88. The largest absolute Gasteiger partial charge is 0.499 e. The van der Waals surface area contributed by atoms with Gasteiger partial charge in [-0.3, -0.25) is 5.32 Å². The van der Waals surface area contributed by atoms with Gasteiger partial charge >= 0.3 is 18.3 Å². The summed E-state index contributed by atoms with van der Waals surface area (Å²) in [7, 11) is 0. The maximum absolute atomic E-state index is 12.7. The summed E-state index contributed by atoms with van der Waals surface area (Å²) in [5.41, 5.74) is 0. The number of nitrogens with one attached hydrogen (secondary N) is 1. The van der Waals surface area contributed by atoms with Crippen LogP contribution in [-0.4, -0.2) is 52.5 Å². The minimum atomic E-state index is -5.85. The molecular formula is C13H14F5N3O3. The molecule has 1 aromatic rings. The minimum Gasteiger partial charge on any atom is -0.424 e. The van der Waals surface area contributed by atoms with Gasteiger partial charge in [0.1, 0.15) is 11.6 Å². The quantitative estimate of drug-likeness (QED) is 0.815. The number of anilines is 1. The maximum atomic E-state index is 12.7. The van der Waals surface area contributed by atoms with Crippen molar-refractivity contribution in [3.8, 4) is 5.75 Å². The molecule has 1 atom stereocenters. The first-order valence-electron chi connectivity index (χ1n) is 6.92. The van der Waals surface area contributed by atoms with Crippen molar-refractivity contribution in [1.82, 2.24) is 9.88 Å². The number of carbonyl (C=O) groups is 1. The fraction of sp³-hybridized carbons (Fsp3) is 0.538. The number of halogens is 5. The van der Waals surface area contributed by atoms with Crippen molar-refractivity contribution in [2.24, 2.45) is 0 Å². The van der Waals surface area contributed by atoms with Crippen LogP contribution in [0.15, 0.2) is 18.3 Å². The average molecular weight is 355 g/mol. The molecule has 0 radical (unpaired) electrons. The molecular weight excluding hydrogens is 341 g/mol. The molecule has 1 aromatic heterocycles. The number of carbonyl (C=O) groups excluding carboxylic acids is 1. The van der Waals surface area contributed by atoms with E-state index in [2.05, 4.69) is 15.0 Å². The molecule has 1 aliphatic rings. The first-order valence-corrected chi connectivity index (χ1v) is 6.92. The predicted molar refractivity (Wildman–Crippen MR) is 71.7 cm³/mol. The molecule has 6 nitrogen and oxygen atoms in total. The van der Waals surface area contributed by atoms with E-state index in [1.54, 1.807) is 0 Å². The highest BCUT2D eigenvalue weighted by Crippen LogP contribution is 2.37. The van der Waals surface area contributed by atoms with Gasteiger partial charge in [-0.15, -0.1) is 0 Å². The molecule has 2 amide bonds. The van der Waals surface area contributed by atoms with Crippen molar-refractivity contribution < 1.29 is 36.6 Å². The number of hydrogen-bond acceptors (Lipinski definition) is 4. The zero-order valence-electron chi connectivity index (χ0n) is 12.2. The molecule has 2 heterocycles.